The summed E-state index contributed by atoms with van der Waals surface area (Å²) >= 11 is 8.70. The normalized spacial score (nSPS) is 10.6. The van der Waals surface area contributed by atoms with Crippen LogP contribution in [0.1, 0.15) is 0 Å². The Morgan fingerprint density at radius 1 is 1.06 bits per heavy atom. The SMILES string of the molecule is Fc1c[c]c(Cl)c(-c2c(F)cc(Br)cc2F)c1. The van der Waals surface area contributed by atoms with Crippen LogP contribution in [0.5, 0.6) is 0 Å². The van der Waals surface area contributed by atoms with Gasteiger partial charge in [0.15, 0.2) is 0 Å². The van der Waals surface area contributed by atoms with E-state index in [4.69, 9.17) is 11.6 Å². The highest BCUT2D eigenvalue weighted by atomic mass is 79.9. The molecule has 2 rings (SSSR count). The minimum absolute atomic E-state index is 0.0356. The zero-order chi connectivity index (χ0) is 12.6. The standard InChI is InChI=1S/C12H4BrClF3/c13-6-3-10(16)12(11(17)4-6)8-5-7(15)1-2-9(8)14/h1,3-5H. The smallest absolute Gasteiger partial charge is 0.135 e. The molecule has 0 saturated heterocycles. The van der Waals surface area contributed by atoms with Crippen LogP contribution in [-0.4, -0.2) is 0 Å². The van der Waals surface area contributed by atoms with Crippen molar-refractivity contribution in [1.82, 2.24) is 0 Å². The maximum absolute atomic E-state index is 13.6. The lowest BCUT2D eigenvalue weighted by molar-refractivity contribution is 0.587. The van der Waals surface area contributed by atoms with Gasteiger partial charge in [-0.05, 0) is 24.3 Å². The van der Waals surface area contributed by atoms with E-state index in [0.717, 1.165) is 24.3 Å². The molecule has 1 radical (unpaired) electrons. The highest BCUT2D eigenvalue weighted by molar-refractivity contribution is 9.10. The minimum Gasteiger partial charge on any atom is -0.207 e. The highest BCUT2D eigenvalue weighted by Gasteiger charge is 2.16. The topological polar surface area (TPSA) is 0 Å². The Balaban J connectivity index is 2.72. The molecule has 0 saturated carbocycles. The van der Waals surface area contributed by atoms with Crippen molar-refractivity contribution in [3.05, 3.63) is 57.3 Å². The lowest BCUT2D eigenvalue weighted by Gasteiger charge is -2.08. The monoisotopic (exact) mass is 319 g/mol. The van der Waals surface area contributed by atoms with E-state index in [1.807, 2.05) is 0 Å². The van der Waals surface area contributed by atoms with E-state index in [1.165, 1.54) is 0 Å². The van der Waals surface area contributed by atoms with Gasteiger partial charge in [0.1, 0.15) is 17.5 Å². The van der Waals surface area contributed by atoms with Crippen LogP contribution >= 0.6 is 27.5 Å². The first-order valence-corrected chi connectivity index (χ1v) is 5.68. The van der Waals surface area contributed by atoms with Crippen LogP contribution < -0.4 is 0 Å². The third-order valence-corrected chi connectivity index (χ3v) is 2.90. The predicted octanol–water partition coefficient (Wildman–Crippen LogP) is 4.99. The minimum atomic E-state index is -0.822. The summed E-state index contributed by atoms with van der Waals surface area (Å²) in [6.07, 6.45) is 0. The van der Waals surface area contributed by atoms with Crippen LogP contribution in [0, 0.1) is 23.5 Å². The summed E-state index contributed by atoms with van der Waals surface area (Å²) in [4.78, 5) is 0. The second kappa shape index (κ2) is 4.70. The molecule has 0 bridgehead atoms. The molecule has 0 nitrogen and oxygen atoms in total. The molecule has 0 aliphatic carbocycles. The lowest BCUT2D eigenvalue weighted by atomic mass is 10.0. The van der Waals surface area contributed by atoms with Crippen molar-refractivity contribution in [2.24, 2.45) is 0 Å². The zero-order valence-electron chi connectivity index (χ0n) is 8.20. The van der Waals surface area contributed by atoms with E-state index < -0.39 is 17.5 Å². The number of hydrogen-bond acceptors (Lipinski definition) is 0. The van der Waals surface area contributed by atoms with E-state index in [2.05, 4.69) is 22.0 Å². The van der Waals surface area contributed by atoms with Gasteiger partial charge < -0.3 is 0 Å². The molecular weight excluding hydrogens is 316 g/mol. The molecule has 0 amide bonds. The van der Waals surface area contributed by atoms with Crippen LogP contribution in [0.25, 0.3) is 11.1 Å². The van der Waals surface area contributed by atoms with Crippen LogP contribution in [0.15, 0.2) is 28.7 Å². The summed E-state index contributed by atoms with van der Waals surface area (Å²) in [5.41, 5.74) is -0.428. The van der Waals surface area contributed by atoms with Crippen molar-refractivity contribution in [2.75, 3.05) is 0 Å². The van der Waals surface area contributed by atoms with Crippen molar-refractivity contribution in [2.45, 2.75) is 0 Å². The van der Waals surface area contributed by atoms with Gasteiger partial charge >= 0.3 is 0 Å². The van der Waals surface area contributed by atoms with Crippen molar-refractivity contribution >= 4 is 27.5 Å². The van der Waals surface area contributed by atoms with Gasteiger partial charge in [-0.25, -0.2) is 13.2 Å². The van der Waals surface area contributed by atoms with Crippen LogP contribution in [0.3, 0.4) is 0 Å². The second-order valence-corrected chi connectivity index (χ2v) is 4.58. The second-order valence-electron chi connectivity index (χ2n) is 3.29. The average Bonchev–Trinajstić information content (AvgIpc) is 2.21. The predicted molar refractivity (Wildman–Crippen MR) is 63.3 cm³/mol. The summed E-state index contributed by atoms with van der Waals surface area (Å²) in [5, 5.41) is -0.0356. The van der Waals surface area contributed by atoms with E-state index in [0.29, 0.717) is 0 Å². The molecule has 0 heterocycles. The van der Waals surface area contributed by atoms with Gasteiger partial charge in [0.25, 0.3) is 0 Å². The summed E-state index contributed by atoms with van der Waals surface area (Å²) in [7, 11) is 0. The maximum atomic E-state index is 13.6. The lowest BCUT2D eigenvalue weighted by Crippen LogP contribution is -1.92. The Labute approximate surface area is 109 Å². The van der Waals surface area contributed by atoms with Gasteiger partial charge in [0.2, 0.25) is 0 Å². The van der Waals surface area contributed by atoms with E-state index >= 15 is 0 Å². The van der Waals surface area contributed by atoms with Gasteiger partial charge in [-0.1, -0.05) is 27.5 Å². The molecule has 87 valence electrons. The zero-order valence-corrected chi connectivity index (χ0v) is 10.5. The molecule has 0 aliphatic heterocycles. The van der Waals surface area contributed by atoms with Crippen LogP contribution in [-0.2, 0) is 0 Å². The van der Waals surface area contributed by atoms with E-state index in [9.17, 15) is 13.2 Å². The molecule has 2 aromatic rings. The fourth-order valence-corrected chi connectivity index (χ4v) is 2.04. The third-order valence-electron chi connectivity index (χ3n) is 2.13. The number of halogens is 5. The summed E-state index contributed by atoms with van der Waals surface area (Å²) in [5.74, 6) is -2.30. The molecular formula is C12H4BrClF3. The molecule has 0 fully saturated rings. The van der Waals surface area contributed by atoms with Crippen molar-refractivity contribution < 1.29 is 13.2 Å². The number of benzene rings is 2. The van der Waals surface area contributed by atoms with Gasteiger partial charge in [-0.3, -0.25) is 0 Å². The molecule has 0 spiro atoms. The molecule has 17 heavy (non-hydrogen) atoms. The molecule has 5 heteroatoms. The Hall–Kier alpha value is -1.00. The average molecular weight is 321 g/mol. The Bertz CT molecular complexity index is 561. The fraction of sp³-hybridized carbons (Fsp3) is 0. The van der Waals surface area contributed by atoms with E-state index in [-0.39, 0.29) is 20.6 Å². The Kier molecular flexibility index (Phi) is 3.45. The summed E-state index contributed by atoms with van der Waals surface area (Å²) < 4.78 is 40.6. The van der Waals surface area contributed by atoms with Crippen molar-refractivity contribution in [3.8, 4) is 11.1 Å². The quantitative estimate of drug-likeness (QED) is 0.694. The molecule has 0 atom stereocenters. The number of hydrogen-bond donors (Lipinski definition) is 0. The maximum Gasteiger partial charge on any atom is 0.135 e. The highest BCUT2D eigenvalue weighted by Crippen LogP contribution is 2.33. The largest absolute Gasteiger partial charge is 0.207 e. The van der Waals surface area contributed by atoms with Gasteiger partial charge in [-0.2, -0.15) is 0 Å². The molecule has 0 N–H and O–H groups in total. The first-order chi connectivity index (χ1) is 7.99. The first-order valence-electron chi connectivity index (χ1n) is 4.50. The molecule has 2 aromatic carbocycles. The van der Waals surface area contributed by atoms with Crippen LogP contribution in [0.4, 0.5) is 13.2 Å². The van der Waals surface area contributed by atoms with Gasteiger partial charge in [0, 0.05) is 16.1 Å². The fourth-order valence-electron chi connectivity index (χ4n) is 1.43. The Morgan fingerprint density at radius 3 is 2.24 bits per heavy atom. The summed E-state index contributed by atoms with van der Waals surface area (Å²) in [6.45, 7) is 0. The Morgan fingerprint density at radius 2 is 1.65 bits per heavy atom. The first kappa shape index (κ1) is 12.5. The van der Waals surface area contributed by atoms with Gasteiger partial charge in [-0.15, -0.1) is 0 Å². The molecule has 0 unspecified atom stereocenters. The van der Waals surface area contributed by atoms with Crippen LogP contribution in [0.2, 0.25) is 5.02 Å². The van der Waals surface area contributed by atoms with Gasteiger partial charge in [0.05, 0.1) is 10.6 Å². The molecule has 0 aromatic heterocycles. The van der Waals surface area contributed by atoms with E-state index in [1.54, 1.807) is 0 Å². The summed E-state index contributed by atoms with van der Waals surface area (Å²) in [6, 6.07) is 6.51. The number of rotatable bonds is 1. The van der Waals surface area contributed by atoms with Crippen molar-refractivity contribution in [1.29, 1.82) is 0 Å². The third kappa shape index (κ3) is 2.48. The molecule has 0 aliphatic rings. The van der Waals surface area contributed by atoms with Crippen molar-refractivity contribution in [3.63, 3.8) is 0 Å².